The Labute approximate surface area is 148 Å². The Morgan fingerprint density at radius 3 is 1.96 bits per heavy atom. The summed E-state index contributed by atoms with van der Waals surface area (Å²) in [5.74, 6) is -0.111. The highest BCUT2D eigenvalue weighted by Crippen LogP contribution is 2.30. The molecule has 0 aromatic heterocycles. The maximum atomic E-state index is 10.3. The summed E-state index contributed by atoms with van der Waals surface area (Å²) in [6.07, 6.45) is 4.88. The van der Waals surface area contributed by atoms with Crippen LogP contribution in [-0.4, -0.2) is 56.1 Å². The summed E-state index contributed by atoms with van der Waals surface area (Å²) in [4.78, 5) is 0. The Morgan fingerprint density at radius 1 is 0.833 bits per heavy atom. The van der Waals surface area contributed by atoms with Crippen molar-refractivity contribution in [3.8, 4) is 0 Å². The molecule has 0 aromatic carbocycles. The van der Waals surface area contributed by atoms with Crippen LogP contribution < -0.4 is 0 Å². The van der Waals surface area contributed by atoms with Crippen LogP contribution in [0.25, 0.3) is 0 Å². The Balaban J connectivity index is 2.68. The number of aliphatic hydroxyl groups excluding tert-OH is 1. The zero-order valence-electron chi connectivity index (χ0n) is 16.0. The van der Waals surface area contributed by atoms with Gasteiger partial charge in [-0.25, -0.2) is 0 Å². The highest BCUT2D eigenvalue weighted by Gasteiger charge is 2.44. The van der Waals surface area contributed by atoms with Crippen molar-refractivity contribution in [2.75, 3.05) is 26.4 Å². The van der Waals surface area contributed by atoms with Gasteiger partial charge in [0, 0.05) is 25.7 Å². The minimum atomic E-state index is -0.831. The minimum Gasteiger partial charge on any atom is -0.379 e. The van der Waals surface area contributed by atoms with Gasteiger partial charge in [0.25, 0.3) is 0 Å². The molecule has 3 unspecified atom stereocenters. The normalized spacial score (nSPS) is 30.6. The molecule has 1 saturated heterocycles. The van der Waals surface area contributed by atoms with Gasteiger partial charge >= 0.3 is 0 Å². The molecule has 1 N–H and O–H groups in total. The second kappa shape index (κ2) is 13.1. The fourth-order valence-corrected chi connectivity index (χ4v) is 2.81. The van der Waals surface area contributed by atoms with Crippen molar-refractivity contribution < 1.29 is 24.1 Å². The van der Waals surface area contributed by atoms with E-state index in [4.69, 9.17) is 18.9 Å². The largest absolute Gasteiger partial charge is 0.379 e. The first-order valence-corrected chi connectivity index (χ1v) is 9.80. The molecule has 0 amide bonds. The van der Waals surface area contributed by atoms with Crippen molar-refractivity contribution in [1.29, 1.82) is 0 Å². The fourth-order valence-electron chi connectivity index (χ4n) is 2.81. The lowest BCUT2D eigenvalue weighted by atomic mass is 9.92. The Morgan fingerprint density at radius 2 is 1.38 bits per heavy atom. The van der Waals surface area contributed by atoms with Gasteiger partial charge in [-0.15, -0.1) is 0 Å². The van der Waals surface area contributed by atoms with Crippen molar-refractivity contribution in [2.45, 2.75) is 90.8 Å². The molecule has 1 rings (SSSR count). The van der Waals surface area contributed by atoms with Crippen molar-refractivity contribution in [3.63, 3.8) is 0 Å². The van der Waals surface area contributed by atoms with E-state index in [1.807, 2.05) is 6.92 Å². The number of unbranched alkanes of at least 4 members (excludes halogenated alkanes) is 3. The predicted octanol–water partition coefficient (Wildman–Crippen LogP) is 3.53. The SMILES string of the molecule is CCCCOCC1O[C@H](O)C(C)C(OCCCC)[C@@H]1OCCCC. The lowest BCUT2D eigenvalue weighted by Crippen LogP contribution is -2.57. The third-order valence-corrected chi connectivity index (χ3v) is 4.51. The molecule has 5 heteroatoms. The predicted molar refractivity (Wildman–Crippen MR) is 95.1 cm³/mol. The van der Waals surface area contributed by atoms with Crippen LogP contribution in [0.3, 0.4) is 0 Å². The van der Waals surface area contributed by atoms with Gasteiger partial charge in [0.15, 0.2) is 6.29 Å². The summed E-state index contributed by atoms with van der Waals surface area (Å²) in [6.45, 7) is 10.9. The zero-order chi connectivity index (χ0) is 17.8. The van der Waals surface area contributed by atoms with E-state index >= 15 is 0 Å². The lowest BCUT2D eigenvalue weighted by molar-refractivity contribution is -0.285. The third-order valence-electron chi connectivity index (χ3n) is 4.51. The lowest BCUT2D eigenvalue weighted by Gasteiger charge is -2.43. The van der Waals surface area contributed by atoms with E-state index in [2.05, 4.69) is 20.8 Å². The summed E-state index contributed by atoms with van der Waals surface area (Å²) in [7, 11) is 0. The van der Waals surface area contributed by atoms with Crippen LogP contribution in [0.4, 0.5) is 0 Å². The van der Waals surface area contributed by atoms with Crippen molar-refractivity contribution in [3.05, 3.63) is 0 Å². The molecule has 0 bridgehead atoms. The maximum Gasteiger partial charge on any atom is 0.160 e. The molecule has 0 aromatic rings. The minimum absolute atomic E-state index is 0.111. The van der Waals surface area contributed by atoms with Gasteiger partial charge in [0.2, 0.25) is 0 Å². The van der Waals surface area contributed by atoms with E-state index in [1.165, 1.54) is 0 Å². The van der Waals surface area contributed by atoms with E-state index in [0.29, 0.717) is 26.4 Å². The topological polar surface area (TPSA) is 57.2 Å². The smallest absolute Gasteiger partial charge is 0.160 e. The average Bonchev–Trinajstić information content (AvgIpc) is 2.58. The van der Waals surface area contributed by atoms with Gasteiger partial charge in [-0.1, -0.05) is 47.0 Å². The monoisotopic (exact) mass is 346 g/mol. The Kier molecular flexibility index (Phi) is 11.9. The highest BCUT2D eigenvalue weighted by atomic mass is 16.6. The van der Waals surface area contributed by atoms with Gasteiger partial charge in [0.05, 0.1) is 12.7 Å². The summed E-state index contributed by atoms with van der Waals surface area (Å²) >= 11 is 0. The second-order valence-corrected chi connectivity index (χ2v) is 6.73. The molecule has 0 spiro atoms. The number of ether oxygens (including phenoxy) is 4. The van der Waals surface area contributed by atoms with E-state index in [9.17, 15) is 5.11 Å². The fraction of sp³-hybridized carbons (Fsp3) is 1.00. The average molecular weight is 347 g/mol. The molecule has 5 atom stereocenters. The van der Waals surface area contributed by atoms with E-state index in [-0.39, 0.29) is 24.2 Å². The number of rotatable bonds is 13. The van der Waals surface area contributed by atoms with Crippen LogP contribution >= 0.6 is 0 Å². The third kappa shape index (κ3) is 7.36. The van der Waals surface area contributed by atoms with Crippen LogP contribution in [-0.2, 0) is 18.9 Å². The number of aliphatic hydroxyl groups is 1. The van der Waals surface area contributed by atoms with Crippen LogP contribution in [0.1, 0.15) is 66.2 Å². The van der Waals surface area contributed by atoms with Gasteiger partial charge < -0.3 is 24.1 Å². The van der Waals surface area contributed by atoms with E-state index in [0.717, 1.165) is 38.5 Å². The number of hydrogen-bond acceptors (Lipinski definition) is 5. The molecule has 1 aliphatic rings. The Hall–Kier alpha value is -0.200. The first-order chi connectivity index (χ1) is 11.7. The first kappa shape index (κ1) is 21.8. The molecule has 1 aliphatic heterocycles. The maximum absolute atomic E-state index is 10.3. The highest BCUT2D eigenvalue weighted by molar-refractivity contribution is 4.89. The summed E-state index contributed by atoms with van der Waals surface area (Å²) in [5, 5.41) is 10.3. The van der Waals surface area contributed by atoms with Crippen LogP contribution in [0.5, 0.6) is 0 Å². The molecular weight excluding hydrogens is 308 g/mol. The summed E-state index contributed by atoms with van der Waals surface area (Å²) in [6, 6.07) is 0. The molecule has 0 radical (unpaired) electrons. The van der Waals surface area contributed by atoms with E-state index in [1.54, 1.807) is 0 Å². The molecule has 1 fully saturated rings. The first-order valence-electron chi connectivity index (χ1n) is 9.80. The van der Waals surface area contributed by atoms with Gasteiger partial charge in [-0.05, 0) is 19.3 Å². The molecule has 1 heterocycles. The Bertz CT molecular complexity index is 299. The van der Waals surface area contributed by atoms with E-state index < -0.39 is 6.29 Å². The molecule has 0 saturated carbocycles. The van der Waals surface area contributed by atoms with Crippen LogP contribution in [0.2, 0.25) is 0 Å². The van der Waals surface area contributed by atoms with Crippen LogP contribution in [0.15, 0.2) is 0 Å². The standard InChI is InChI=1S/C19H38O5/c1-5-8-11-21-14-16-18(23-13-10-7-3)17(22-12-9-6-2)15(4)19(20)24-16/h15-20H,5-14H2,1-4H3/t15?,16?,17?,18-,19+/m1/s1. The zero-order valence-corrected chi connectivity index (χ0v) is 16.0. The molecule has 0 aliphatic carbocycles. The summed E-state index contributed by atoms with van der Waals surface area (Å²) in [5.41, 5.74) is 0. The van der Waals surface area contributed by atoms with Gasteiger partial charge in [-0.2, -0.15) is 0 Å². The van der Waals surface area contributed by atoms with Gasteiger partial charge in [-0.3, -0.25) is 0 Å². The molecule has 24 heavy (non-hydrogen) atoms. The van der Waals surface area contributed by atoms with Crippen LogP contribution in [0, 0.1) is 5.92 Å². The van der Waals surface area contributed by atoms with Crippen molar-refractivity contribution in [2.24, 2.45) is 5.92 Å². The summed E-state index contributed by atoms with van der Waals surface area (Å²) < 4.78 is 23.7. The molecular formula is C19H38O5. The second-order valence-electron chi connectivity index (χ2n) is 6.73. The quantitative estimate of drug-likeness (QED) is 0.517. The molecule has 5 nitrogen and oxygen atoms in total. The van der Waals surface area contributed by atoms with Gasteiger partial charge in [0.1, 0.15) is 12.2 Å². The van der Waals surface area contributed by atoms with Crippen molar-refractivity contribution in [1.82, 2.24) is 0 Å². The van der Waals surface area contributed by atoms with Crippen molar-refractivity contribution >= 4 is 0 Å². The number of hydrogen-bond donors (Lipinski definition) is 1. The molecule has 144 valence electrons.